The number of aliphatic hydroxyl groups is 1. The van der Waals surface area contributed by atoms with Gasteiger partial charge in [0.05, 0.1) is 10.6 Å². The van der Waals surface area contributed by atoms with Gasteiger partial charge < -0.3 is 16.2 Å². The van der Waals surface area contributed by atoms with Gasteiger partial charge in [-0.3, -0.25) is 4.31 Å². The fraction of sp³-hybridized carbons (Fsp3) is 0.143. The number of nitrogens with two attached hydrogens (primary N) is 1. The van der Waals surface area contributed by atoms with Crippen molar-refractivity contribution in [2.45, 2.75) is 4.90 Å². The predicted octanol–water partition coefficient (Wildman–Crippen LogP) is 2.53. The minimum absolute atomic E-state index is 0.0271. The van der Waals surface area contributed by atoms with E-state index in [1.54, 1.807) is 30.3 Å². The van der Waals surface area contributed by atoms with E-state index in [2.05, 4.69) is 15.3 Å². The topological polar surface area (TPSA) is 121 Å². The Hall–Kier alpha value is -3.50. The van der Waals surface area contributed by atoms with Gasteiger partial charge in [-0.15, -0.1) is 0 Å². The number of nitrogens with one attached hydrogen (secondary N) is 1. The smallest absolute Gasteiger partial charge is 0.264 e. The van der Waals surface area contributed by atoms with E-state index >= 15 is 0 Å². The SMILES string of the molecule is Nc1ncc(-c2ccc(-c3ccccc3S(=O)(=O)N3CCNC/C3=C\O)cc2F)cn1. The van der Waals surface area contributed by atoms with E-state index in [0.29, 0.717) is 23.2 Å². The number of aliphatic hydroxyl groups excluding tert-OH is 1. The van der Waals surface area contributed by atoms with Gasteiger partial charge in [0.2, 0.25) is 5.95 Å². The molecule has 0 saturated carbocycles. The summed E-state index contributed by atoms with van der Waals surface area (Å²) in [5.41, 5.74) is 7.22. The van der Waals surface area contributed by atoms with Crippen molar-refractivity contribution in [2.75, 3.05) is 25.4 Å². The summed E-state index contributed by atoms with van der Waals surface area (Å²) in [5, 5.41) is 12.5. The number of hydrogen-bond acceptors (Lipinski definition) is 7. The zero-order chi connectivity index (χ0) is 22.0. The van der Waals surface area contributed by atoms with Crippen LogP contribution < -0.4 is 11.1 Å². The van der Waals surface area contributed by atoms with E-state index in [0.717, 1.165) is 6.26 Å². The monoisotopic (exact) mass is 441 g/mol. The third kappa shape index (κ3) is 3.94. The molecular formula is C21H20FN5O3S. The van der Waals surface area contributed by atoms with Crippen LogP contribution in [0.2, 0.25) is 0 Å². The molecule has 1 aliphatic heterocycles. The molecule has 2 aromatic carbocycles. The molecule has 3 aromatic rings. The predicted molar refractivity (Wildman–Crippen MR) is 115 cm³/mol. The van der Waals surface area contributed by atoms with Crippen molar-refractivity contribution in [3.05, 3.63) is 72.6 Å². The molecule has 10 heteroatoms. The van der Waals surface area contributed by atoms with Crippen LogP contribution in [-0.4, -0.2) is 47.4 Å². The summed E-state index contributed by atoms with van der Waals surface area (Å²) < 4.78 is 42.8. The summed E-state index contributed by atoms with van der Waals surface area (Å²) >= 11 is 0. The molecular weight excluding hydrogens is 421 g/mol. The Morgan fingerprint density at radius 1 is 1.10 bits per heavy atom. The standard InChI is InChI=1S/C21H20FN5O3S/c22-19-9-14(5-6-17(19)15-10-25-21(23)26-11-15)18-3-1-2-4-20(18)31(29,30)27-8-7-24-12-16(27)13-28/h1-6,9-11,13,24,28H,7-8,12H2,(H2,23,25,26)/b16-13+. The van der Waals surface area contributed by atoms with Crippen LogP contribution in [0.1, 0.15) is 0 Å². The molecule has 0 spiro atoms. The maximum Gasteiger partial charge on any atom is 0.264 e. The molecule has 1 saturated heterocycles. The van der Waals surface area contributed by atoms with E-state index in [1.807, 2.05) is 0 Å². The average Bonchev–Trinajstić information content (AvgIpc) is 2.79. The summed E-state index contributed by atoms with van der Waals surface area (Å²) in [4.78, 5) is 7.78. The maximum atomic E-state index is 14.9. The van der Waals surface area contributed by atoms with Gasteiger partial charge >= 0.3 is 0 Å². The van der Waals surface area contributed by atoms with E-state index in [4.69, 9.17) is 5.73 Å². The zero-order valence-electron chi connectivity index (χ0n) is 16.4. The molecule has 2 heterocycles. The van der Waals surface area contributed by atoms with E-state index in [-0.39, 0.29) is 35.2 Å². The first kappa shape index (κ1) is 20.8. The van der Waals surface area contributed by atoms with Crippen molar-refractivity contribution >= 4 is 16.0 Å². The summed E-state index contributed by atoms with van der Waals surface area (Å²) in [6.07, 6.45) is 3.63. The first-order chi connectivity index (χ1) is 14.9. The number of rotatable bonds is 4. The third-order valence-electron chi connectivity index (χ3n) is 4.99. The van der Waals surface area contributed by atoms with Gasteiger partial charge in [-0.2, -0.15) is 0 Å². The van der Waals surface area contributed by atoms with E-state index in [1.165, 1.54) is 28.8 Å². The van der Waals surface area contributed by atoms with Gasteiger partial charge in [0.1, 0.15) is 12.1 Å². The Morgan fingerprint density at radius 2 is 1.84 bits per heavy atom. The second-order valence-electron chi connectivity index (χ2n) is 6.90. The molecule has 1 aliphatic rings. The summed E-state index contributed by atoms with van der Waals surface area (Å²) in [5.74, 6) is -0.458. The molecule has 0 amide bonds. The molecule has 0 atom stereocenters. The molecule has 0 bridgehead atoms. The quantitative estimate of drug-likeness (QED) is 0.532. The Kier molecular flexibility index (Phi) is 5.57. The van der Waals surface area contributed by atoms with E-state index in [9.17, 15) is 17.9 Å². The molecule has 0 radical (unpaired) electrons. The van der Waals surface area contributed by atoms with Crippen molar-refractivity contribution in [1.82, 2.24) is 19.6 Å². The number of piperazine rings is 1. The highest BCUT2D eigenvalue weighted by molar-refractivity contribution is 7.89. The van der Waals surface area contributed by atoms with Crippen LogP contribution in [-0.2, 0) is 10.0 Å². The number of halogens is 1. The first-order valence-corrected chi connectivity index (χ1v) is 10.9. The second-order valence-corrected chi connectivity index (χ2v) is 8.73. The van der Waals surface area contributed by atoms with Gasteiger partial charge in [-0.1, -0.05) is 30.3 Å². The van der Waals surface area contributed by atoms with Crippen LogP contribution in [0.25, 0.3) is 22.3 Å². The molecule has 160 valence electrons. The van der Waals surface area contributed by atoms with Crippen LogP contribution in [0, 0.1) is 5.82 Å². The summed E-state index contributed by atoms with van der Waals surface area (Å²) in [6, 6.07) is 10.9. The summed E-state index contributed by atoms with van der Waals surface area (Å²) in [7, 11) is -3.97. The Labute approximate surface area is 178 Å². The molecule has 4 rings (SSSR count). The van der Waals surface area contributed by atoms with Crippen LogP contribution in [0.5, 0.6) is 0 Å². The molecule has 1 aromatic heterocycles. The maximum absolute atomic E-state index is 14.9. The van der Waals surface area contributed by atoms with Gasteiger partial charge in [-0.25, -0.2) is 22.8 Å². The highest BCUT2D eigenvalue weighted by Gasteiger charge is 2.31. The molecule has 31 heavy (non-hydrogen) atoms. The van der Waals surface area contributed by atoms with Crippen molar-refractivity contribution < 1.29 is 17.9 Å². The minimum Gasteiger partial charge on any atom is -0.514 e. The van der Waals surface area contributed by atoms with Crippen LogP contribution in [0.3, 0.4) is 0 Å². The lowest BCUT2D eigenvalue weighted by atomic mass is 10.0. The fourth-order valence-electron chi connectivity index (χ4n) is 3.46. The Balaban J connectivity index is 1.77. The molecule has 4 N–H and O–H groups in total. The lowest BCUT2D eigenvalue weighted by Gasteiger charge is -2.31. The highest BCUT2D eigenvalue weighted by Crippen LogP contribution is 2.33. The van der Waals surface area contributed by atoms with Gasteiger partial charge in [0.15, 0.2) is 0 Å². The third-order valence-corrected chi connectivity index (χ3v) is 6.89. The minimum atomic E-state index is -3.97. The van der Waals surface area contributed by atoms with Crippen LogP contribution in [0.4, 0.5) is 10.3 Å². The molecule has 1 fully saturated rings. The number of nitrogens with zero attached hydrogens (tertiary/aromatic N) is 3. The highest BCUT2D eigenvalue weighted by atomic mass is 32.2. The molecule has 0 unspecified atom stereocenters. The van der Waals surface area contributed by atoms with Crippen LogP contribution in [0.15, 0.2) is 71.7 Å². The number of benzene rings is 2. The van der Waals surface area contributed by atoms with E-state index < -0.39 is 15.8 Å². The summed E-state index contributed by atoms with van der Waals surface area (Å²) in [6.45, 7) is 0.851. The number of sulfonamides is 1. The van der Waals surface area contributed by atoms with Crippen molar-refractivity contribution in [3.63, 3.8) is 0 Å². The number of anilines is 1. The lowest BCUT2D eigenvalue weighted by Crippen LogP contribution is -2.44. The Morgan fingerprint density at radius 3 is 2.55 bits per heavy atom. The Bertz CT molecular complexity index is 1250. The lowest BCUT2D eigenvalue weighted by molar-refractivity contribution is 0.382. The van der Waals surface area contributed by atoms with Crippen molar-refractivity contribution in [2.24, 2.45) is 0 Å². The van der Waals surface area contributed by atoms with Gasteiger partial charge in [-0.05, 0) is 17.7 Å². The second kappa shape index (κ2) is 8.32. The number of aromatic nitrogens is 2. The zero-order valence-corrected chi connectivity index (χ0v) is 17.2. The average molecular weight is 441 g/mol. The number of hydrogen-bond donors (Lipinski definition) is 3. The normalized spacial score (nSPS) is 15.9. The van der Waals surface area contributed by atoms with Crippen molar-refractivity contribution in [3.8, 4) is 22.3 Å². The first-order valence-electron chi connectivity index (χ1n) is 9.45. The van der Waals surface area contributed by atoms with Crippen LogP contribution >= 0.6 is 0 Å². The van der Waals surface area contributed by atoms with Crippen molar-refractivity contribution in [1.29, 1.82) is 0 Å². The largest absolute Gasteiger partial charge is 0.514 e. The molecule has 8 nitrogen and oxygen atoms in total. The van der Waals surface area contributed by atoms with Gasteiger partial charge in [0, 0.05) is 48.7 Å². The number of nitrogen functional groups attached to an aromatic ring is 1. The fourth-order valence-corrected chi connectivity index (χ4v) is 5.16. The van der Waals surface area contributed by atoms with Gasteiger partial charge in [0.25, 0.3) is 10.0 Å². The molecule has 0 aliphatic carbocycles.